The van der Waals surface area contributed by atoms with Crippen LogP contribution in [0.15, 0.2) is 36.5 Å². The number of aromatic nitrogens is 3. The van der Waals surface area contributed by atoms with Gasteiger partial charge >= 0.3 is 6.18 Å². The van der Waals surface area contributed by atoms with Crippen LogP contribution in [-0.2, 0) is 10.9 Å². The smallest absolute Gasteiger partial charge is 0.433 e. The molecule has 2 aromatic heterocycles. The standard InChI is InChI=1S/C19H17F3N4O3/c1-28-13-4-2-12(3-5-13)15-10-16(19(20,21)22)26-17(24-15)14(11-23-26)18(27)25-6-8-29-9-7-25/h2-5,10-11H,6-9H2,1H3. The Bertz CT molecular complexity index is 1040. The number of carbonyl (C=O) groups is 1. The molecule has 0 saturated carbocycles. The van der Waals surface area contributed by atoms with Crippen LogP contribution in [-0.4, -0.2) is 58.8 Å². The van der Waals surface area contributed by atoms with Crippen molar-refractivity contribution in [1.82, 2.24) is 19.5 Å². The molecule has 1 aliphatic heterocycles. The summed E-state index contributed by atoms with van der Waals surface area (Å²) >= 11 is 0. The fourth-order valence-corrected chi connectivity index (χ4v) is 3.16. The maximum absolute atomic E-state index is 13.7. The van der Waals surface area contributed by atoms with Gasteiger partial charge in [0.15, 0.2) is 11.3 Å². The number of nitrogens with zero attached hydrogens (tertiary/aromatic N) is 4. The molecule has 0 radical (unpaired) electrons. The Morgan fingerprint density at radius 2 is 1.86 bits per heavy atom. The van der Waals surface area contributed by atoms with Crippen molar-refractivity contribution in [3.05, 3.63) is 47.8 Å². The Hall–Kier alpha value is -3.14. The molecule has 4 rings (SSSR count). The first-order valence-electron chi connectivity index (χ1n) is 8.86. The molecule has 1 aromatic carbocycles. The Labute approximate surface area is 163 Å². The summed E-state index contributed by atoms with van der Waals surface area (Å²) in [6.45, 7) is 1.48. The number of methoxy groups -OCH3 is 1. The number of amides is 1. The number of halogens is 3. The summed E-state index contributed by atoms with van der Waals surface area (Å²) in [4.78, 5) is 18.7. The number of ether oxygens (including phenoxy) is 2. The molecule has 0 N–H and O–H groups in total. The number of hydrogen-bond acceptors (Lipinski definition) is 5. The number of carbonyl (C=O) groups excluding carboxylic acids is 1. The van der Waals surface area contributed by atoms with Crippen molar-refractivity contribution in [1.29, 1.82) is 0 Å². The van der Waals surface area contributed by atoms with Gasteiger partial charge in [0, 0.05) is 18.7 Å². The van der Waals surface area contributed by atoms with Crippen LogP contribution in [0, 0.1) is 0 Å². The molecule has 1 amide bonds. The third kappa shape index (κ3) is 3.63. The monoisotopic (exact) mass is 406 g/mol. The quantitative estimate of drug-likeness (QED) is 0.669. The van der Waals surface area contributed by atoms with Gasteiger partial charge in [0.05, 0.1) is 32.2 Å². The van der Waals surface area contributed by atoms with Crippen LogP contribution in [0.4, 0.5) is 13.2 Å². The SMILES string of the molecule is COc1ccc(-c2cc(C(F)(F)F)n3ncc(C(=O)N4CCOCC4)c3n2)cc1. The summed E-state index contributed by atoms with van der Waals surface area (Å²) in [5, 5.41) is 3.80. The molecule has 1 saturated heterocycles. The Balaban J connectivity index is 1.85. The normalized spacial score (nSPS) is 15.0. The van der Waals surface area contributed by atoms with Crippen molar-refractivity contribution >= 4 is 11.6 Å². The molecule has 3 aromatic rings. The lowest BCUT2D eigenvalue weighted by molar-refractivity contribution is -0.142. The molecule has 152 valence electrons. The average molecular weight is 406 g/mol. The lowest BCUT2D eigenvalue weighted by Gasteiger charge is -2.26. The van der Waals surface area contributed by atoms with Crippen LogP contribution in [0.3, 0.4) is 0 Å². The molecule has 0 spiro atoms. The Kier molecular flexibility index (Phi) is 4.87. The third-order valence-corrected chi connectivity index (χ3v) is 4.68. The summed E-state index contributed by atoms with van der Waals surface area (Å²) in [6.07, 6.45) is -3.54. The second-order valence-electron chi connectivity index (χ2n) is 6.45. The summed E-state index contributed by atoms with van der Waals surface area (Å²) in [6, 6.07) is 7.40. The van der Waals surface area contributed by atoms with Crippen molar-refractivity contribution < 1.29 is 27.4 Å². The highest BCUT2D eigenvalue weighted by molar-refractivity contribution is 6.00. The van der Waals surface area contributed by atoms with Gasteiger partial charge in [0.25, 0.3) is 5.91 Å². The molecule has 7 nitrogen and oxygen atoms in total. The summed E-state index contributed by atoms with van der Waals surface area (Å²) in [7, 11) is 1.50. The number of benzene rings is 1. The minimum absolute atomic E-state index is 0.0211. The van der Waals surface area contributed by atoms with Crippen molar-refractivity contribution in [3.8, 4) is 17.0 Å². The van der Waals surface area contributed by atoms with Gasteiger partial charge in [-0.3, -0.25) is 4.79 Å². The van der Waals surface area contributed by atoms with E-state index in [1.807, 2.05) is 0 Å². The van der Waals surface area contributed by atoms with Gasteiger partial charge in [-0.15, -0.1) is 0 Å². The predicted octanol–water partition coefficient (Wildman–Crippen LogP) is 2.90. The van der Waals surface area contributed by atoms with Crippen molar-refractivity contribution in [2.45, 2.75) is 6.18 Å². The number of rotatable bonds is 3. The third-order valence-electron chi connectivity index (χ3n) is 4.68. The molecule has 0 unspecified atom stereocenters. The van der Waals surface area contributed by atoms with Gasteiger partial charge in [0.1, 0.15) is 11.3 Å². The molecule has 3 heterocycles. The van der Waals surface area contributed by atoms with Crippen molar-refractivity contribution in [2.24, 2.45) is 0 Å². The van der Waals surface area contributed by atoms with Crippen LogP contribution in [0.1, 0.15) is 16.1 Å². The van der Waals surface area contributed by atoms with E-state index in [0.717, 1.165) is 12.3 Å². The zero-order valence-electron chi connectivity index (χ0n) is 15.4. The Morgan fingerprint density at radius 1 is 1.17 bits per heavy atom. The van der Waals surface area contributed by atoms with Gasteiger partial charge in [-0.05, 0) is 30.3 Å². The molecule has 29 heavy (non-hydrogen) atoms. The van der Waals surface area contributed by atoms with Crippen molar-refractivity contribution in [2.75, 3.05) is 33.4 Å². The highest BCUT2D eigenvalue weighted by Gasteiger charge is 2.36. The first-order chi connectivity index (χ1) is 13.9. The largest absolute Gasteiger partial charge is 0.497 e. The molecule has 0 aliphatic carbocycles. The number of morpholine rings is 1. The topological polar surface area (TPSA) is 69.0 Å². The van der Waals surface area contributed by atoms with Gasteiger partial charge in [-0.1, -0.05) is 0 Å². The van der Waals surface area contributed by atoms with Crippen LogP contribution in [0.25, 0.3) is 16.9 Å². The summed E-state index contributed by atoms with van der Waals surface area (Å²) < 4.78 is 52.0. The fourth-order valence-electron chi connectivity index (χ4n) is 3.16. The first-order valence-corrected chi connectivity index (χ1v) is 8.86. The van der Waals surface area contributed by atoms with E-state index in [-0.39, 0.29) is 16.9 Å². The maximum atomic E-state index is 13.7. The van der Waals surface area contributed by atoms with E-state index < -0.39 is 17.8 Å². The molecular formula is C19H17F3N4O3. The maximum Gasteiger partial charge on any atom is 0.433 e. The molecule has 0 atom stereocenters. The van der Waals surface area contributed by atoms with Crippen LogP contribution >= 0.6 is 0 Å². The van der Waals surface area contributed by atoms with E-state index in [0.29, 0.717) is 42.1 Å². The van der Waals surface area contributed by atoms with E-state index >= 15 is 0 Å². The second-order valence-corrected chi connectivity index (χ2v) is 6.45. The van der Waals surface area contributed by atoms with E-state index in [1.54, 1.807) is 24.3 Å². The Morgan fingerprint density at radius 3 is 2.48 bits per heavy atom. The van der Waals surface area contributed by atoms with Crippen LogP contribution in [0.5, 0.6) is 5.75 Å². The van der Waals surface area contributed by atoms with Gasteiger partial charge in [0.2, 0.25) is 0 Å². The lowest BCUT2D eigenvalue weighted by atomic mass is 10.1. The van der Waals surface area contributed by atoms with Gasteiger partial charge in [-0.25, -0.2) is 9.50 Å². The fraction of sp³-hybridized carbons (Fsp3) is 0.316. The highest BCUT2D eigenvalue weighted by atomic mass is 19.4. The second kappa shape index (κ2) is 7.36. The first kappa shape index (κ1) is 19.2. The molecule has 10 heteroatoms. The summed E-state index contributed by atoms with van der Waals surface area (Å²) in [5.41, 5.74) is -0.571. The predicted molar refractivity (Wildman–Crippen MR) is 96.7 cm³/mol. The molecular weight excluding hydrogens is 389 g/mol. The highest BCUT2D eigenvalue weighted by Crippen LogP contribution is 2.33. The van der Waals surface area contributed by atoms with Gasteiger partial charge in [-0.2, -0.15) is 18.3 Å². The van der Waals surface area contributed by atoms with E-state index in [9.17, 15) is 18.0 Å². The van der Waals surface area contributed by atoms with E-state index in [1.165, 1.54) is 12.0 Å². The number of fused-ring (bicyclic) bond motifs is 1. The zero-order chi connectivity index (χ0) is 20.6. The minimum Gasteiger partial charge on any atom is -0.497 e. The minimum atomic E-state index is -4.67. The van der Waals surface area contributed by atoms with E-state index in [4.69, 9.17) is 9.47 Å². The van der Waals surface area contributed by atoms with Crippen LogP contribution in [0.2, 0.25) is 0 Å². The summed E-state index contributed by atoms with van der Waals surface area (Å²) in [5.74, 6) is 0.147. The van der Waals surface area contributed by atoms with Crippen LogP contribution < -0.4 is 4.74 Å². The molecule has 1 aliphatic rings. The molecule has 0 bridgehead atoms. The van der Waals surface area contributed by atoms with E-state index in [2.05, 4.69) is 10.1 Å². The van der Waals surface area contributed by atoms with Gasteiger partial charge < -0.3 is 14.4 Å². The zero-order valence-corrected chi connectivity index (χ0v) is 15.4. The average Bonchev–Trinajstić information content (AvgIpc) is 3.16. The van der Waals surface area contributed by atoms with Crippen molar-refractivity contribution in [3.63, 3.8) is 0 Å². The lowest BCUT2D eigenvalue weighted by Crippen LogP contribution is -2.40. The molecule has 1 fully saturated rings. The number of alkyl halides is 3. The number of hydrogen-bond donors (Lipinski definition) is 0.